The van der Waals surface area contributed by atoms with Gasteiger partial charge >= 0.3 is 0 Å². The molecule has 3 rings (SSSR count). The number of Topliss-reactive ketones (excluding diaryl/α,β-unsaturated/α-hetero) is 1. The Morgan fingerprint density at radius 1 is 1.33 bits per heavy atom. The van der Waals surface area contributed by atoms with E-state index < -0.39 is 12.1 Å². The summed E-state index contributed by atoms with van der Waals surface area (Å²) in [6.45, 7) is 2.04. The van der Waals surface area contributed by atoms with Crippen LogP contribution in [-0.2, 0) is 20.8 Å². The second-order valence-corrected chi connectivity index (χ2v) is 7.47. The molecular weight excluding hydrogens is 368 g/mol. The Morgan fingerprint density at radius 3 is 2.93 bits per heavy atom. The van der Waals surface area contributed by atoms with E-state index in [0.717, 1.165) is 28.5 Å². The molecule has 0 fully saturated rings. The SMILES string of the molecule is CCC(=O)C(CCSC)NC(=O)C1CC(Cc2ccc3c(c2)OCO3)=NO1. The van der Waals surface area contributed by atoms with Crippen molar-refractivity contribution in [2.75, 3.05) is 18.8 Å². The first kappa shape index (κ1) is 19.5. The second kappa shape index (κ2) is 9.12. The first-order valence-corrected chi connectivity index (χ1v) is 10.4. The fraction of sp³-hybridized carbons (Fsp3) is 0.526. The smallest absolute Gasteiger partial charge is 0.264 e. The number of fused-ring (bicyclic) bond motifs is 1. The van der Waals surface area contributed by atoms with Gasteiger partial charge in [0.2, 0.25) is 12.9 Å². The Labute approximate surface area is 162 Å². The van der Waals surface area contributed by atoms with Gasteiger partial charge in [0.15, 0.2) is 17.3 Å². The Hall–Kier alpha value is -2.22. The Kier molecular flexibility index (Phi) is 6.60. The van der Waals surface area contributed by atoms with Crippen LogP contribution in [0.1, 0.15) is 31.7 Å². The van der Waals surface area contributed by atoms with E-state index in [1.165, 1.54) is 0 Å². The monoisotopic (exact) mass is 392 g/mol. The molecule has 2 aliphatic heterocycles. The highest BCUT2D eigenvalue weighted by Crippen LogP contribution is 2.33. The number of carbonyl (C=O) groups excluding carboxylic acids is 2. The summed E-state index contributed by atoms with van der Waals surface area (Å²) in [6, 6.07) is 5.26. The number of nitrogens with one attached hydrogen (secondary N) is 1. The molecule has 0 spiro atoms. The molecule has 0 saturated heterocycles. The van der Waals surface area contributed by atoms with Crippen LogP contribution in [0.15, 0.2) is 23.4 Å². The summed E-state index contributed by atoms with van der Waals surface area (Å²) in [5.74, 6) is 2.02. The van der Waals surface area contributed by atoms with Gasteiger partial charge in [0.25, 0.3) is 5.91 Å². The minimum Gasteiger partial charge on any atom is -0.454 e. The van der Waals surface area contributed by atoms with Gasteiger partial charge in [-0.2, -0.15) is 11.8 Å². The number of carbonyl (C=O) groups is 2. The predicted molar refractivity (Wildman–Crippen MR) is 103 cm³/mol. The van der Waals surface area contributed by atoms with Crippen molar-refractivity contribution in [3.63, 3.8) is 0 Å². The van der Waals surface area contributed by atoms with Gasteiger partial charge in [-0.1, -0.05) is 18.1 Å². The van der Waals surface area contributed by atoms with Gasteiger partial charge in [0.1, 0.15) is 0 Å². The molecule has 2 unspecified atom stereocenters. The molecule has 27 heavy (non-hydrogen) atoms. The molecule has 0 saturated carbocycles. The summed E-state index contributed by atoms with van der Waals surface area (Å²) in [5, 5.41) is 6.88. The van der Waals surface area contributed by atoms with E-state index in [2.05, 4.69) is 10.5 Å². The van der Waals surface area contributed by atoms with Gasteiger partial charge < -0.3 is 19.6 Å². The van der Waals surface area contributed by atoms with Crippen molar-refractivity contribution in [3.05, 3.63) is 23.8 Å². The number of ketones is 1. The molecule has 1 aromatic carbocycles. The predicted octanol–water partition coefficient (Wildman–Crippen LogP) is 2.32. The maximum atomic E-state index is 12.5. The van der Waals surface area contributed by atoms with Crippen LogP contribution in [0.3, 0.4) is 0 Å². The van der Waals surface area contributed by atoms with Gasteiger partial charge in [0.05, 0.1) is 11.8 Å². The van der Waals surface area contributed by atoms with E-state index >= 15 is 0 Å². The highest BCUT2D eigenvalue weighted by molar-refractivity contribution is 7.98. The lowest BCUT2D eigenvalue weighted by atomic mass is 10.0. The van der Waals surface area contributed by atoms with E-state index in [0.29, 0.717) is 25.7 Å². The van der Waals surface area contributed by atoms with Crippen molar-refractivity contribution in [2.45, 2.75) is 44.8 Å². The third kappa shape index (κ3) is 4.94. The van der Waals surface area contributed by atoms with Crippen molar-refractivity contribution < 1.29 is 23.9 Å². The lowest BCUT2D eigenvalue weighted by Gasteiger charge is -2.18. The first-order valence-electron chi connectivity index (χ1n) is 9.02. The summed E-state index contributed by atoms with van der Waals surface area (Å²) >= 11 is 1.65. The Balaban J connectivity index is 1.53. The Bertz CT molecular complexity index is 737. The topological polar surface area (TPSA) is 86.2 Å². The van der Waals surface area contributed by atoms with Crippen molar-refractivity contribution in [1.82, 2.24) is 5.32 Å². The number of ether oxygens (including phenoxy) is 2. The fourth-order valence-electron chi connectivity index (χ4n) is 3.02. The average Bonchev–Trinajstić information content (AvgIpc) is 3.33. The third-order valence-corrected chi connectivity index (χ3v) is 5.18. The molecule has 8 heteroatoms. The number of benzene rings is 1. The zero-order valence-electron chi connectivity index (χ0n) is 15.5. The van der Waals surface area contributed by atoms with Crippen LogP contribution >= 0.6 is 11.8 Å². The van der Waals surface area contributed by atoms with Gasteiger partial charge in [-0.25, -0.2) is 0 Å². The highest BCUT2D eigenvalue weighted by atomic mass is 32.2. The van der Waals surface area contributed by atoms with Crippen molar-refractivity contribution in [3.8, 4) is 11.5 Å². The molecule has 2 aliphatic rings. The lowest BCUT2D eigenvalue weighted by Crippen LogP contribution is -2.45. The van der Waals surface area contributed by atoms with E-state index in [9.17, 15) is 9.59 Å². The number of hydrogen-bond donors (Lipinski definition) is 1. The number of hydrogen-bond acceptors (Lipinski definition) is 7. The molecule has 2 atom stereocenters. The van der Waals surface area contributed by atoms with Crippen LogP contribution in [0.5, 0.6) is 11.5 Å². The third-order valence-electron chi connectivity index (χ3n) is 4.53. The lowest BCUT2D eigenvalue weighted by molar-refractivity contribution is -0.134. The summed E-state index contributed by atoms with van der Waals surface area (Å²) < 4.78 is 10.7. The van der Waals surface area contributed by atoms with Gasteiger partial charge in [-0.3, -0.25) is 9.59 Å². The molecule has 0 bridgehead atoms. The summed E-state index contributed by atoms with van der Waals surface area (Å²) in [7, 11) is 0. The maximum Gasteiger partial charge on any atom is 0.264 e. The van der Waals surface area contributed by atoms with Crippen LogP contribution in [0.25, 0.3) is 0 Å². The van der Waals surface area contributed by atoms with E-state index in [4.69, 9.17) is 14.3 Å². The van der Waals surface area contributed by atoms with Gasteiger partial charge in [-0.15, -0.1) is 0 Å². The Morgan fingerprint density at radius 2 is 2.15 bits per heavy atom. The number of nitrogens with zero attached hydrogens (tertiary/aromatic N) is 1. The van der Waals surface area contributed by atoms with Crippen LogP contribution in [-0.4, -0.2) is 48.3 Å². The van der Waals surface area contributed by atoms with Crippen LogP contribution in [0.4, 0.5) is 0 Å². The molecule has 1 amide bonds. The number of amides is 1. The molecule has 0 aliphatic carbocycles. The minimum atomic E-state index is -0.685. The van der Waals surface area contributed by atoms with Crippen LogP contribution < -0.4 is 14.8 Å². The van der Waals surface area contributed by atoms with Crippen LogP contribution in [0, 0.1) is 0 Å². The zero-order chi connectivity index (χ0) is 19.2. The standard InChI is InChI=1S/C19H24N2O5S/c1-3-15(22)14(6-7-27-2)20-19(23)18-10-13(21-26-18)8-12-4-5-16-17(9-12)25-11-24-16/h4-5,9,14,18H,3,6-8,10-11H2,1-2H3,(H,20,23). The van der Waals surface area contributed by atoms with Crippen molar-refractivity contribution >= 4 is 29.2 Å². The molecule has 7 nitrogen and oxygen atoms in total. The highest BCUT2D eigenvalue weighted by Gasteiger charge is 2.31. The maximum absolute atomic E-state index is 12.5. The summed E-state index contributed by atoms with van der Waals surface area (Å²) in [6.07, 6.45) is 3.30. The molecule has 0 radical (unpaired) electrons. The normalized spacial score (nSPS) is 18.6. The van der Waals surface area contributed by atoms with Gasteiger partial charge in [0, 0.05) is 19.3 Å². The molecule has 1 N–H and O–H groups in total. The van der Waals surface area contributed by atoms with E-state index in [1.807, 2.05) is 24.5 Å². The van der Waals surface area contributed by atoms with Crippen LogP contribution in [0.2, 0.25) is 0 Å². The number of oxime groups is 1. The summed E-state index contributed by atoms with van der Waals surface area (Å²) in [4.78, 5) is 29.9. The fourth-order valence-corrected chi connectivity index (χ4v) is 3.49. The second-order valence-electron chi connectivity index (χ2n) is 6.48. The quantitative estimate of drug-likeness (QED) is 0.694. The molecule has 2 heterocycles. The zero-order valence-corrected chi connectivity index (χ0v) is 16.3. The molecule has 146 valence electrons. The largest absolute Gasteiger partial charge is 0.454 e. The first-order chi connectivity index (χ1) is 13.1. The van der Waals surface area contributed by atoms with E-state index in [1.54, 1.807) is 18.7 Å². The number of thioether (sulfide) groups is 1. The molecule has 1 aromatic rings. The van der Waals surface area contributed by atoms with Crippen molar-refractivity contribution in [2.24, 2.45) is 5.16 Å². The van der Waals surface area contributed by atoms with Crippen molar-refractivity contribution in [1.29, 1.82) is 0 Å². The number of rotatable bonds is 9. The molecular formula is C19H24N2O5S. The summed E-state index contributed by atoms with van der Waals surface area (Å²) in [5.41, 5.74) is 1.80. The minimum absolute atomic E-state index is 0.0388. The van der Waals surface area contributed by atoms with E-state index in [-0.39, 0.29) is 18.5 Å². The molecule has 0 aromatic heterocycles. The average molecular weight is 392 g/mol. The van der Waals surface area contributed by atoms with Gasteiger partial charge in [-0.05, 0) is 36.1 Å².